The molecule has 2 aliphatic rings. The van der Waals surface area contributed by atoms with Gasteiger partial charge >= 0.3 is 0 Å². The Balaban J connectivity index is 1.30. The Morgan fingerprint density at radius 1 is 1.23 bits per heavy atom. The van der Waals surface area contributed by atoms with Crippen molar-refractivity contribution in [2.24, 2.45) is 5.92 Å². The summed E-state index contributed by atoms with van der Waals surface area (Å²) >= 11 is 0. The van der Waals surface area contributed by atoms with Crippen LogP contribution in [0.3, 0.4) is 0 Å². The molecule has 2 aromatic rings. The van der Waals surface area contributed by atoms with Crippen LogP contribution in [-0.4, -0.2) is 54.6 Å². The van der Waals surface area contributed by atoms with Crippen LogP contribution in [0.4, 0.5) is 0 Å². The van der Waals surface area contributed by atoms with Crippen LogP contribution in [0.1, 0.15) is 37.1 Å². The van der Waals surface area contributed by atoms with Gasteiger partial charge in [0.1, 0.15) is 4.90 Å². The molecule has 4 heterocycles. The zero-order valence-corrected chi connectivity index (χ0v) is 18.2. The second-order valence-electron chi connectivity index (χ2n) is 8.10. The third kappa shape index (κ3) is 4.56. The molecule has 1 spiro atoms. The van der Waals surface area contributed by atoms with Crippen LogP contribution >= 0.6 is 0 Å². The van der Waals surface area contributed by atoms with E-state index in [0.717, 1.165) is 43.7 Å². The van der Waals surface area contributed by atoms with Gasteiger partial charge in [0.05, 0.1) is 17.9 Å². The Morgan fingerprint density at radius 3 is 2.80 bits per heavy atom. The third-order valence-corrected chi connectivity index (χ3v) is 8.13. The predicted octanol–water partition coefficient (Wildman–Crippen LogP) is 2.95. The average Bonchev–Trinajstić information content (AvgIpc) is 3.14. The minimum Gasteiger partial charge on any atom is -0.375 e. The second-order valence-corrected chi connectivity index (χ2v) is 10.0. The molecule has 2 aromatic heterocycles. The summed E-state index contributed by atoms with van der Waals surface area (Å²) < 4.78 is 39.3. The molecule has 4 rings (SSSR count). The molecular formula is C22H29N3O4S. The molecule has 2 saturated heterocycles. The first kappa shape index (κ1) is 21.4. The molecule has 7 nitrogen and oxygen atoms in total. The summed E-state index contributed by atoms with van der Waals surface area (Å²) in [6.45, 7) is 4.83. The van der Waals surface area contributed by atoms with E-state index in [-0.39, 0.29) is 10.5 Å². The van der Waals surface area contributed by atoms with Crippen molar-refractivity contribution in [2.75, 3.05) is 26.3 Å². The maximum Gasteiger partial charge on any atom is 0.244 e. The first-order valence-electron chi connectivity index (χ1n) is 10.5. The molecule has 0 bridgehead atoms. The molecule has 30 heavy (non-hydrogen) atoms. The Hall–Kier alpha value is -1.87. The number of piperidine rings is 1. The number of nitrogens with zero attached hydrogens (tertiary/aromatic N) is 3. The van der Waals surface area contributed by atoms with Gasteiger partial charge in [0.25, 0.3) is 0 Å². The first-order valence-corrected chi connectivity index (χ1v) is 12.0. The van der Waals surface area contributed by atoms with Gasteiger partial charge in [-0.2, -0.15) is 4.31 Å². The van der Waals surface area contributed by atoms with Gasteiger partial charge in [0.15, 0.2) is 0 Å². The van der Waals surface area contributed by atoms with E-state index in [0.29, 0.717) is 32.2 Å². The van der Waals surface area contributed by atoms with Crippen molar-refractivity contribution < 1.29 is 17.9 Å². The van der Waals surface area contributed by atoms with Gasteiger partial charge in [-0.25, -0.2) is 8.42 Å². The van der Waals surface area contributed by atoms with Crippen molar-refractivity contribution in [3.05, 3.63) is 54.1 Å². The molecule has 1 unspecified atom stereocenters. The normalized spacial score (nSPS) is 21.8. The maximum absolute atomic E-state index is 12.9. The number of ether oxygens (including phenoxy) is 2. The minimum atomic E-state index is -3.50. The van der Waals surface area contributed by atoms with E-state index < -0.39 is 10.0 Å². The number of hydrogen-bond donors (Lipinski definition) is 0. The molecule has 0 aliphatic carbocycles. The van der Waals surface area contributed by atoms with Crippen molar-refractivity contribution in [3.63, 3.8) is 0 Å². The second kappa shape index (κ2) is 9.09. The topological polar surface area (TPSA) is 81.6 Å². The average molecular weight is 432 g/mol. The van der Waals surface area contributed by atoms with E-state index in [1.807, 2.05) is 25.1 Å². The highest BCUT2D eigenvalue weighted by molar-refractivity contribution is 7.89. The summed E-state index contributed by atoms with van der Waals surface area (Å²) in [5.41, 5.74) is 1.71. The van der Waals surface area contributed by atoms with Gasteiger partial charge in [0.2, 0.25) is 10.0 Å². The van der Waals surface area contributed by atoms with Crippen molar-refractivity contribution in [1.29, 1.82) is 0 Å². The largest absolute Gasteiger partial charge is 0.375 e. The Labute approximate surface area is 178 Å². The van der Waals surface area contributed by atoms with Gasteiger partial charge in [-0.15, -0.1) is 0 Å². The fraction of sp³-hybridized carbons (Fsp3) is 0.545. The molecule has 0 aromatic carbocycles. The van der Waals surface area contributed by atoms with Crippen LogP contribution in [0.15, 0.2) is 47.6 Å². The molecule has 8 heteroatoms. The molecule has 0 N–H and O–H groups in total. The molecule has 2 fully saturated rings. The number of aromatic nitrogens is 2. The van der Waals surface area contributed by atoms with Crippen LogP contribution in [0.2, 0.25) is 0 Å². The van der Waals surface area contributed by atoms with Crippen molar-refractivity contribution in [1.82, 2.24) is 14.3 Å². The van der Waals surface area contributed by atoms with Crippen molar-refractivity contribution in [2.45, 2.75) is 49.7 Å². The highest BCUT2D eigenvalue weighted by Crippen LogP contribution is 2.43. The molecular weight excluding hydrogens is 402 g/mol. The van der Waals surface area contributed by atoms with E-state index in [1.165, 1.54) is 6.20 Å². The summed E-state index contributed by atoms with van der Waals surface area (Å²) in [6.07, 6.45) is 6.35. The smallest absolute Gasteiger partial charge is 0.244 e. The van der Waals surface area contributed by atoms with Crippen molar-refractivity contribution in [3.8, 4) is 0 Å². The molecule has 0 saturated carbocycles. The quantitative estimate of drug-likeness (QED) is 0.627. The highest BCUT2D eigenvalue weighted by atomic mass is 32.2. The number of sulfonamides is 1. The third-order valence-electron chi connectivity index (χ3n) is 6.25. The molecule has 2 aliphatic heterocycles. The zero-order chi connectivity index (χ0) is 21.0. The van der Waals surface area contributed by atoms with Crippen LogP contribution in [-0.2, 0) is 26.1 Å². The first-order chi connectivity index (χ1) is 14.5. The lowest BCUT2D eigenvalue weighted by molar-refractivity contribution is -0.0619. The maximum atomic E-state index is 12.9. The Morgan fingerprint density at radius 2 is 2.07 bits per heavy atom. The molecule has 1 atom stereocenters. The molecule has 0 amide bonds. The lowest BCUT2D eigenvalue weighted by Crippen LogP contribution is -2.49. The van der Waals surface area contributed by atoms with E-state index in [9.17, 15) is 8.42 Å². The van der Waals surface area contributed by atoms with Crippen molar-refractivity contribution >= 4 is 10.0 Å². The van der Waals surface area contributed by atoms with Gasteiger partial charge < -0.3 is 9.47 Å². The van der Waals surface area contributed by atoms with Gasteiger partial charge in [-0.3, -0.25) is 9.97 Å². The van der Waals surface area contributed by atoms with E-state index in [2.05, 4.69) is 9.97 Å². The van der Waals surface area contributed by atoms with Crippen LogP contribution in [0, 0.1) is 12.8 Å². The number of aryl methyl sites for hydroxylation is 1. The number of hydrogen-bond acceptors (Lipinski definition) is 6. The Bertz CT molecular complexity index is 944. The Kier molecular flexibility index (Phi) is 6.48. The summed E-state index contributed by atoms with van der Waals surface area (Å²) in [5, 5.41) is 0. The fourth-order valence-electron chi connectivity index (χ4n) is 4.58. The van der Waals surface area contributed by atoms with Gasteiger partial charge in [0, 0.05) is 44.4 Å². The van der Waals surface area contributed by atoms with Gasteiger partial charge in [-0.1, -0.05) is 6.07 Å². The lowest BCUT2D eigenvalue weighted by atomic mass is 9.78. The fourth-order valence-corrected chi connectivity index (χ4v) is 5.99. The van der Waals surface area contributed by atoms with Gasteiger partial charge in [-0.05, 0) is 62.8 Å². The van der Waals surface area contributed by atoms with Crippen LogP contribution in [0.5, 0.6) is 0 Å². The zero-order valence-electron chi connectivity index (χ0n) is 17.4. The lowest BCUT2D eigenvalue weighted by Gasteiger charge is -2.41. The van der Waals surface area contributed by atoms with E-state index >= 15 is 0 Å². The predicted molar refractivity (Wildman–Crippen MR) is 112 cm³/mol. The van der Waals surface area contributed by atoms with Crippen LogP contribution in [0.25, 0.3) is 0 Å². The SMILES string of the molecule is Cc1cccc(COCCC2CCOC23CCN(S(=O)(=O)c2cccnc2)CC3)n1. The summed E-state index contributed by atoms with van der Waals surface area (Å²) in [6, 6.07) is 9.20. The molecule has 162 valence electrons. The monoisotopic (exact) mass is 431 g/mol. The standard InChI is InChI=1S/C22H29N3O4S/c1-18-4-2-5-20(24-18)17-28-14-7-19-8-15-29-22(19)9-12-25(13-10-22)30(26,27)21-6-3-11-23-16-21/h2-6,11,16,19H,7-10,12-15,17H2,1H3. The number of pyridine rings is 2. The van der Waals surface area contributed by atoms with E-state index in [4.69, 9.17) is 9.47 Å². The summed E-state index contributed by atoms with van der Waals surface area (Å²) in [5.74, 6) is 0.395. The summed E-state index contributed by atoms with van der Waals surface area (Å²) in [7, 11) is -3.50. The van der Waals surface area contributed by atoms with E-state index in [1.54, 1.807) is 22.6 Å². The minimum absolute atomic E-state index is 0.230. The number of rotatable bonds is 7. The molecule has 0 radical (unpaired) electrons. The summed E-state index contributed by atoms with van der Waals surface area (Å²) in [4.78, 5) is 8.67. The van der Waals surface area contributed by atoms with Crippen LogP contribution < -0.4 is 0 Å². The highest BCUT2D eigenvalue weighted by Gasteiger charge is 2.47.